The molecule has 1 saturated heterocycles. The van der Waals surface area contributed by atoms with E-state index in [0.717, 1.165) is 4.90 Å². The first-order valence-electron chi connectivity index (χ1n) is 22.6. The Labute approximate surface area is 403 Å². The number of likely N-dealkylation sites (tertiary alicyclic amines) is 1. The second kappa shape index (κ2) is 29.2. The highest BCUT2D eigenvalue weighted by Gasteiger charge is 2.41. The van der Waals surface area contributed by atoms with Gasteiger partial charge in [-0.05, 0) is 58.3 Å². The molecule has 26 heteroatoms. The number of nitrogens with one attached hydrogen (secondary N) is 8. The molecular weight excluding hydrogens is 911 g/mol. The van der Waals surface area contributed by atoms with Gasteiger partial charge in [-0.1, -0.05) is 34.1 Å². The lowest BCUT2D eigenvalue weighted by Gasteiger charge is -2.33. The van der Waals surface area contributed by atoms with Crippen LogP contribution in [0.2, 0.25) is 0 Å². The SMILES string of the molecule is CCNC(=O)[C@@H]1CCCN1C(=O)[C@H](CCCN=C(N)N)NC(=O)[C@@H](NC(=O)[C@H](CO)NC(=O)[C@H](CO)NC(=O)[C@H](NC(=O)[C@@H](NC(=O)CNC(=O)CN(C)C(C)=O)C(C)C)C(C)(C)S)[C@@H](C)CC. The summed E-state index contributed by atoms with van der Waals surface area (Å²) in [7, 11) is 1.40. The first kappa shape index (κ1) is 60.3. The number of aliphatic imine (C=N–C) groups is 1. The van der Waals surface area contributed by atoms with Gasteiger partial charge in [0.05, 0.1) is 26.3 Å². The van der Waals surface area contributed by atoms with Crippen LogP contribution in [0.15, 0.2) is 4.99 Å². The van der Waals surface area contributed by atoms with E-state index < -0.39 is 126 Å². The van der Waals surface area contributed by atoms with Crippen LogP contribution in [0.5, 0.6) is 0 Å². The molecule has 0 aromatic rings. The molecule has 1 aliphatic rings. The van der Waals surface area contributed by atoms with E-state index in [4.69, 9.17) is 11.5 Å². The maximum absolute atomic E-state index is 14.0. The second-order valence-corrected chi connectivity index (χ2v) is 18.6. The Morgan fingerprint density at radius 2 is 1.34 bits per heavy atom. The third-order valence-corrected chi connectivity index (χ3v) is 11.3. The standard InChI is InChI=1S/C42H75N13O12S/c1-10-23(5)32(38(65)48-25(14-12-16-46-41(43)44)40(67)55-17-13-15-28(55)36(63)45-11-2)52-35(62)27(21-57)49-34(61)26(20-56)50-39(66)33(42(7,8)68)53-37(64)31(22(3)4)51-29(59)18-47-30(60)19-54(9)24(6)58/h22-23,25-28,31-33,56-57,68H,10-21H2,1-9H3,(H,45,63)(H,47,60)(H,48,65)(H,49,61)(H,50,66)(H,51,59)(H,52,62)(H,53,64)(H4,43,44,46)/t23-,25-,26-,27-,28-,31-,32-,33-/m0/s1. The Balaban J connectivity index is 3.20. The van der Waals surface area contributed by atoms with Gasteiger partial charge < -0.3 is 74.0 Å². The van der Waals surface area contributed by atoms with Gasteiger partial charge >= 0.3 is 0 Å². The molecule has 0 aromatic carbocycles. The van der Waals surface area contributed by atoms with Gasteiger partial charge in [-0.25, -0.2) is 0 Å². The highest BCUT2D eigenvalue weighted by Crippen LogP contribution is 2.21. The maximum Gasteiger partial charge on any atom is 0.245 e. The van der Waals surface area contributed by atoms with E-state index in [0.29, 0.717) is 25.8 Å². The van der Waals surface area contributed by atoms with Gasteiger partial charge in [0, 0.05) is 38.4 Å². The van der Waals surface area contributed by atoms with Gasteiger partial charge in [0.2, 0.25) is 59.1 Å². The molecule has 0 aromatic heterocycles. The number of guanidine groups is 1. The Hall–Kier alpha value is -5.76. The van der Waals surface area contributed by atoms with Gasteiger partial charge in [-0.15, -0.1) is 0 Å². The number of hydrogen-bond donors (Lipinski definition) is 13. The normalized spacial score (nSPS) is 16.5. The van der Waals surface area contributed by atoms with Crippen LogP contribution in [0.4, 0.5) is 0 Å². The monoisotopic (exact) mass is 986 g/mol. The highest BCUT2D eigenvalue weighted by atomic mass is 32.1. The van der Waals surface area contributed by atoms with Gasteiger partial charge in [0.25, 0.3) is 0 Å². The molecular formula is C42H75N13O12S. The van der Waals surface area contributed by atoms with E-state index in [9.17, 15) is 58.2 Å². The molecule has 386 valence electrons. The number of aliphatic hydroxyl groups is 2. The molecule has 14 N–H and O–H groups in total. The molecule has 0 saturated carbocycles. The lowest BCUT2D eigenvalue weighted by molar-refractivity contribution is -0.142. The molecule has 8 atom stereocenters. The van der Waals surface area contributed by atoms with Crippen molar-refractivity contribution in [1.82, 2.24) is 52.3 Å². The van der Waals surface area contributed by atoms with Crippen molar-refractivity contribution in [1.29, 1.82) is 0 Å². The topological polar surface area (TPSA) is 378 Å². The minimum Gasteiger partial charge on any atom is -0.394 e. The van der Waals surface area contributed by atoms with Gasteiger partial charge in [-0.2, -0.15) is 12.6 Å². The average molecular weight is 986 g/mol. The Morgan fingerprint density at radius 3 is 1.85 bits per heavy atom. The molecule has 0 aliphatic carbocycles. The minimum absolute atomic E-state index is 0.0680. The summed E-state index contributed by atoms with van der Waals surface area (Å²) in [5.41, 5.74) is 10.9. The number of amides is 10. The molecule has 68 heavy (non-hydrogen) atoms. The fourth-order valence-corrected chi connectivity index (χ4v) is 6.99. The number of nitrogens with zero attached hydrogens (tertiary/aromatic N) is 3. The Morgan fingerprint density at radius 1 is 0.779 bits per heavy atom. The number of carbonyl (C=O) groups is 10. The van der Waals surface area contributed by atoms with Crippen LogP contribution in [0.25, 0.3) is 0 Å². The molecule has 10 amide bonds. The summed E-state index contributed by atoms with van der Waals surface area (Å²) in [4.78, 5) is 138. The van der Waals surface area contributed by atoms with Crippen LogP contribution in [0.1, 0.15) is 87.5 Å². The first-order valence-corrected chi connectivity index (χ1v) is 23.1. The van der Waals surface area contributed by atoms with E-state index >= 15 is 0 Å². The van der Waals surface area contributed by atoms with E-state index in [1.54, 1.807) is 34.6 Å². The molecule has 0 unspecified atom stereocenters. The number of rotatable bonds is 28. The summed E-state index contributed by atoms with van der Waals surface area (Å²) in [6.07, 6.45) is 1.66. The van der Waals surface area contributed by atoms with Crippen LogP contribution in [0.3, 0.4) is 0 Å². The summed E-state index contributed by atoms with van der Waals surface area (Å²) in [5, 5.41) is 40.4. The zero-order valence-electron chi connectivity index (χ0n) is 40.6. The Kier molecular flexibility index (Phi) is 25.9. The molecule has 0 radical (unpaired) electrons. The highest BCUT2D eigenvalue weighted by molar-refractivity contribution is 7.81. The first-order chi connectivity index (χ1) is 31.7. The predicted molar refractivity (Wildman–Crippen MR) is 253 cm³/mol. The van der Waals surface area contributed by atoms with Crippen molar-refractivity contribution in [3.63, 3.8) is 0 Å². The summed E-state index contributed by atoms with van der Waals surface area (Å²) in [6, 6.07) is -9.42. The number of likely N-dealkylation sites (N-methyl/N-ethyl adjacent to an activating group) is 2. The number of carbonyl (C=O) groups excluding carboxylic acids is 10. The fourth-order valence-electron chi connectivity index (χ4n) is 6.81. The summed E-state index contributed by atoms with van der Waals surface area (Å²) >= 11 is 4.46. The maximum atomic E-state index is 14.0. The van der Waals surface area contributed by atoms with E-state index in [1.165, 1.54) is 32.7 Å². The van der Waals surface area contributed by atoms with Gasteiger partial charge in [0.1, 0.15) is 42.3 Å². The van der Waals surface area contributed by atoms with Gasteiger partial charge in [0.15, 0.2) is 5.96 Å². The van der Waals surface area contributed by atoms with Crippen molar-refractivity contribution >= 4 is 77.7 Å². The zero-order chi connectivity index (χ0) is 52.1. The minimum atomic E-state index is -1.75. The molecule has 0 spiro atoms. The second-order valence-electron chi connectivity index (χ2n) is 17.5. The molecule has 1 aliphatic heterocycles. The predicted octanol–water partition coefficient (Wildman–Crippen LogP) is -4.93. The number of nitrogens with two attached hydrogens (primary N) is 2. The molecule has 25 nitrogen and oxygen atoms in total. The molecule has 1 fully saturated rings. The van der Waals surface area contributed by atoms with E-state index in [-0.39, 0.29) is 50.2 Å². The third kappa shape index (κ3) is 19.8. The van der Waals surface area contributed by atoms with Crippen molar-refractivity contribution in [2.45, 2.75) is 135 Å². The van der Waals surface area contributed by atoms with Crippen molar-refractivity contribution in [2.75, 3.05) is 53.0 Å². The third-order valence-electron chi connectivity index (χ3n) is 11.1. The fraction of sp³-hybridized carbons (Fsp3) is 0.738. The van der Waals surface area contributed by atoms with Crippen LogP contribution >= 0.6 is 12.6 Å². The molecule has 1 rings (SSSR count). The Bertz CT molecular complexity index is 1810. The largest absolute Gasteiger partial charge is 0.394 e. The van der Waals surface area contributed by atoms with Crippen molar-refractivity contribution in [3.8, 4) is 0 Å². The van der Waals surface area contributed by atoms with Crippen LogP contribution < -0.4 is 54.0 Å². The quantitative estimate of drug-likeness (QED) is 0.0151. The summed E-state index contributed by atoms with van der Waals surface area (Å²) in [6.45, 7) is 10.5. The van der Waals surface area contributed by atoms with E-state index in [1.807, 2.05) is 0 Å². The zero-order valence-corrected chi connectivity index (χ0v) is 41.5. The van der Waals surface area contributed by atoms with Crippen LogP contribution in [-0.2, 0) is 47.9 Å². The molecule has 1 heterocycles. The summed E-state index contributed by atoms with van der Waals surface area (Å²) in [5.74, 6) is -8.62. The molecule has 0 bridgehead atoms. The average Bonchev–Trinajstić information content (AvgIpc) is 3.76. The van der Waals surface area contributed by atoms with Crippen molar-refractivity contribution in [2.24, 2.45) is 28.3 Å². The number of hydrogen-bond acceptors (Lipinski definition) is 14. The van der Waals surface area contributed by atoms with Crippen LogP contribution in [-0.4, -0.2) is 185 Å². The lowest BCUT2D eigenvalue weighted by atomic mass is 9.97. The van der Waals surface area contributed by atoms with Crippen molar-refractivity contribution < 1.29 is 58.2 Å². The number of thiol groups is 1. The smallest absolute Gasteiger partial charge is 0.245 e. The van der Waals surface area contributed by atoms with Crippen molar-refractivity contribution in [3.05, 3.63) is 0 Å². The van der Waals surface area contributed by atoms with E-state index in [2.05, 4.69) is 60.2 Å². The van der Waals surface area contributed by atoms with Gasteiger partial charge in [-0.3, -0.25) is 52.9 Å². The summed E-state index contributed by atoms with van der Waals surface area (Å²) < 4.78 is -1.33. The van der Waals surface area contributed by atoms with Crippen LogP contribution in [0, 0.1) is 11.8 Å². The lowest BCUT2D eigenvalue weighted by Crippen LogP contribution is -2.64. The number of aliphatic hydroxyl groups excluding tert-OH is 2.